The van der Waals surface area contributed by atoms with E-state index in [1.807, 2.05) is 7.05 Å². The minimum atomic E-state index is -0.486. The van der Waals surface area contributed by atoms with E-state index in [9.17, 15) is 4.39 Å². The lowest BCUT2D eigenvalue weighted by Crippen LogP contribution is -2.05. The first kappa shape index (κ1) is 9.69. The summed E-state index contributed by atoms with van der Waals surface area (Å²) in [5, 5.41) is 2.98. The molecule has 0 aliphatic carbocycles. The second-order valence-corrected chi connectivity index (χ2v) is 2.52. The van der Waals surface area contributed by atoms with Crippen molar-refractivity contribution in [1.82, 2.24) is 10.3 Å². The molecule has 0 atom stereocenters. The Morgan fingerprint density at radius 1 is 1.62 bits per heavy atom. The van der Waals surface area contributed by atoms with Gasteiger partial charge in [0.1, 0.15) is 0 Å². The summed E-state index contributed by atoms with van der Waals surface area (Å²) in [4.78, 5) is 3.44. The molecular weight excluding hydrogens is 167 g/mol. The minimum Gasteiger partial charge on any atom is -0.319 e. The maximum absolute atomic E-state index is 12.6. The summed E-state index contributed by atoms with van der Waals surface area (Å²) in [6.45, 7) is 0.848. The molecule has 1 N–H and O–H groups in total. The molecule has 1 aromatic rings. The molecule has 0 saturated carbocycles. The van der Waals surface area contributed by atoms with E-state index in [0.717, 1.165) is 13.0 Å². The molecule has 1 heterocycles. The van der Waals surface area contributed by atoms with Crippen LogP contribution in [0.25, 0.3) is 0 Å². The predicted molar refractivity (Wildman–Crippen MR) is 49.6 cm³/mol. The number of hydrogen-bond donors (Lipinski definition) is 1. The van der Waals surface area contributed by atoms with Crippen molar-refractivity contribution in [2.24, 2.45) is 0 Å². The van der Waals surface area contributed by atoms with Gasteiger partial charge in [0.2, 0.25) is 5.95 Å². The Balaban J connectivity index is 2.56. The molecule has 0 saturated heterocycles. The SMILES string of the molecule is CNCCC#Cc1ccnc(F)c1. The van der Waals surface area contributed by atoms with Crippen LogP contribution >= 0.6 is 0 Å². The molecule has 1 rings (SSSR count). The van der Waals surface area contributed by atoms with Gasteiger partial charge in [-0.3, -0.25) is 0 Å². The molecule has 0 fully saturated rings. The van der Waals surface area contributed by atoms with Crippen LogP contribution in [0, 0.1) is 17.8 Å². The quantitative estimate of drug-likeness (QED) is 0.418. The predicted octanol–water partition coefficient (Wildman–Crippen LogP) is 1.18. The molecule has 0 aliphatic rings. The van der Waals surface area contributed by atoms with Crippen LogP contribution in [0.15, 0.2) is 18.3 Å². The van der Waals surface area contributed by atoms with Crippen LogP contribution in [-0.2, 0) is 0 Å². The smallest absolute Gasteiger partial charge is 0.214 e. The summed E-state index contributed by atoms with van der Waals surface area (Å²) in [5.74, 6) is 5.29. The van der Waals surface area contributed by atoms with Crippen LogP contribution in [0.5, 0.6) is 0 Å². The number of rotatable bonds is 2. The summed E-state index contributed by atoms with van der Waals surface area (Å²) in [5.41, 5.74) is 0.670. The first-order chi connectivity index (χ1) is 6.33. The molecular formula is C10H11FN2. The van der Waals surface area contributed by atoms with Gasteiger partial charge in [0.05, 0.1) is 0 Å². The van der Waals surface area contributed by atoms with E-state index >= 15 is 0 Å². The molecule has 3 heteroatoms. The highest BCUT2D eigenvalue weighted by molar-refractivity contribution is 5.32. The largest absolute Gasteiger partial charge is 0.319 e. The Morgan fingerprint density at radius 2 is 2.46 bits per heavy atom. The molecule has 2 nitrogen and oxygen atoms in total. The van der Waals surface area contributed by atoms with Crippen molar-refractivity contribution in [3.05, 3.63) is 29.8 Å². The Labute approximate surface area is 77.2 Å². The first-order valence-corrected chi connectivity index (χ1v) is 4.08. The summed E-state index contributed by atoms with van der Waals surface area (Å²) in [7, 11) is 1.87. The Hall–Kier alpha value is -1.40. The number of halogens is 1. The zero-order valence-electron chi connectivity index (χ0n) is 7.47. The second-order valence-electron chi connectivity index (χ2n) is 2.52. The van der Waals surface area contributed by atoms with Crippen LogP contribution in [0.4, 0.5) is 4.39 Å². The standard InChI is InChI=1S/C10H11FN2/c1-12-6-3-2-4-9-5-7-13-10(11)8-9/h5,7-8,12H,3,6H2,1H3. The molecule has 13 heavy (non-hydrogen) atoms. The fourth-order valence-electron chi connectivity index (χ4n) is 0.832. The van der Waals surface area contributed by atoms with E-state index in [-0.39, 0.29) is 0 Å². The number of nitrogens with zero attached hydrogens (tertiary/aromatic N) is 1. The third kappa shape index (κ3) is 3.68. The van der Waals surface area contributed by atoms with Crippen molar-refractivity contribution in [3.8, 4) is 11.8 Å². The zero-order chi connectivity index (χ0) is 9.52. The number of nitrogens with one attached hydrogen (secondary N) is 1. The molecule has 0 bridgehead atoms. The zero-order valence-corrected chi connectivity index (χ0v) is 7.47. The normalized spacial score (nSPS) is 9.08. The molecule has 0 aliphatic heterocycles. The van der Waals surface area contributed by atoms with Crippen LogP contribution < -0.4 is 5.32 Å². The van der Waals surface area contributed by atoms with Gasteiger partial charge in [-0.15, -0.1) is 0 Å². The molecule has 0 radical (unpaired) electrons. The molecule has 1 aromatic heterocycles. The van der Waals surface area contributed by atoms with E-state index in [1.165, 1.54) is 12.3 Å². The van der Waals surface area contributed by atoms with E-state index in [4.69, 9.17) is 0 Å². The second kappa shape index (κ2) is 5.28. The van der Waals surface area contributed by atoms with Gasteiger partial charge in [0, 0.05) is 30.8 Å². The van der Waals surface area contributed by atoms with E-state index in [1.54, 1.807) is 6.07 Å². The fourth-order valence-corrected chi connectivity index (χ4v) is 0.832. The summed E-state index contributed by atoms with van der Waals surface area (Å²) in [6.07, 6.45) is 2.18. The Bertz CT molecular complexity index is 325. The van der Waals surface area contributed by atoms with Crippen LogP contribution in [0.1, 0.15) is 12.0 Å². The summed E-state index contributed by atoms with van der Waals surface area (Å²) in [6, 6.07) is 3.02. The van der Waals surface area contributed by atoms with Crippen LogP contribution in [-0.4, -0.2) is 18.6 Å². The van der Waals surface area contributed by atoms with Gasteiger partial charge in [-0.2, -0.15) is 4.39 Å². The molecule has 68 valence electrons. The van der Waals surface area contributed by atoms with Gasteiger partial charge in [0.15, 0.2) is 0 Å². The minimum absolute atomic E-state index is 0.486. The van der Waals surface area contributed by atoms with Crippen LogP contribution in [0.3, 0.4) is 0 Å². The average molecular weight is 178 g/mol. The lowest BCUT2D eigenvalue weighted by atomic mass is 10.2. The van der Waals surface area contributed by atoms with Crippen molar-refractivity contribution in [2.45, 2.75) is 6.42 Å². The van der Waals surface area contributed by atoms with Gasteiger partial charge >= 0.3 is 0 Å². The highest BCUT2D eigenvalue weighted by Crippen LogP contribution is 1.97. The summed E-state index contributed by atoms with van der Waals surface area (Å²) < 4.78 is 12.6. The van der Waals surface area contributed by atoms with Crippen LogP contribution in [0.2, 0.25) is 0 Å². The number of hydrogen-bond acceptors (Lipinski definition) is 2. The fraction of sp³-hybridized carbons (Fsp3) is 0.300. The number of aromatic nitrogens is 1. The van der Waals surface area contributed by atoms with Gasteiger partial charge in [-0.1, -0.05) is 11.8 Å². The van der Waals surface area contributed by atoms with E-state index in [2.05, 4.69) is 22.1 Å². The van der Waals surface area contributed by atoms with Crippen molar-refractivity contribution in [2.75, 3.05) is 13.6 Å². The van der Waals surface area contributed by atoms with Crippen molar-refractivity contribution in [1.29, 1.82) is 0 Å². The Kier molecular flexibility index (Phi) is 3.94. The average Bonchev–Trinajstić information content (AvgIpc) is 2.13. The third-order valence-electron chi connectivity index (χ3n) is 1.46. The lowest BCUT2D eigenvalue weighted by molar-refractivity contribution is 0.583. The van der Waals surface area contributed by atoms with Gasteiger partial charge in [0.25, 0.3) is 0 Å². The maximum atomic E-state index is 12.6. The molecule has 0 unspecified atom stereocenters. The molecule has 0 spiro atoms. The van der Waals surface area contributed by atoms with Crippen molar-refractivity contribution in [3.63, 3.8) is 0 Å². The van der Waals surface area contributed by atoms with Gasteiger partial charge in [-0.25, -0.2) is 4.98 Å². The van der Waals surface area contributed by atoms with Crippen molar-refractivity contribution < 1.29 is 4.39 Å². The molecule has 0 amide bonds. The number of pyridine rings is 1. The topological polar surface area (TPSA) is 24.9 Å². The Morgan fingerprint density at radius 3 is 3.15 bits per heavy atom. The van der Waals surface area contributed by atoms with Crippen molar-refractivity contribution >= 4 is 0 Å². The van der Waals surface area contributed by atoms with E-state index in [0.29, 0.717) is 5.56 Å². The van der Waals surface area contributed by atoms with Gasteiger partial charge < -0.3 is 5.32 Å². The third-order valence-corrected chi connectivity index (χ3v) is 1.46. The highest BCUT2D eigenvalue weighted by Gasteiger charge is 1.90. The highest BCUT2D eigenvalue weighted by atomic mass is 19.1. The maximum Gasteiger partial charge on any atom is 0.214 e. The lowest BCUT2D eigenvalue weighted by Gasteiger charge is -1.90. The monoisotopic (exact) mass is 178 g/mol. The first-order valence-electron chi connectivity index (χ1n) is 4.08. The van der Waals surface area contributed by atoms with E-state index < -0.39 is 5.95 Å². The van der Waals surface area contributed by atoms with Gasteiger partial charge in [-0.05, 0) is 13.1 Å². The summed E-state index contributed by atoms with van der Waals surface area (Å²) >= 11 is 0. The molecule has 0 aromatic carbocycles.